The zero-order valence-electron chi connectivity index (χ0n) is 11.2. The van der Waals surface area contributed by atoms with Crippen molar-refractivity contribution in [3.63, 3.8) is 0 Å². The molecule has 0 aromatic rings. The Labute approximate surface area is 111 Å². The predicted molar refractivity (Wildman–Crippen MR) is 69.2 cm³/mol. The van der Waals surface area contributed by atoms with E-state index in [1.807, 2.05) is 0 Å². The van der Waals surface area contributed by atoms with Gasteiger partial charge in [0.2, 0.25) is 7.37 Å². The van der Waals surface area contributed by atoms with Crippen LogP contribution in [-0.2, 0) is 27.1 Å². The first-order valence-corrected chi connectivity index (χ1v) is 10.6. The van der Waals surface area contributed by atoms with Gasteiger partial charge in [-0.15, -0.1) is 0 Å². The molecule has 0 radical (unpaired) electrons. The standard InChI is InChI=1S/C7H18NO8P3/c1-6(7(2)9)8(3)18(11,12)16-19(13,14)15-17(4,5)10/h6H,1-5H3,(H,11,12)(H,13,14). The van der Waals surface area contributed by atoms with E-state index < -0.39 is 34.8 Å². The van der Waals surface area contributed by atoms with Crippen LogP contribution in [0.15, 0.2) is 0 Å². The third kappa shape index (κ3) is 6.93. The third-order valence-corrected chi connectivity index (χ3v) is 7.28. The summed E-state index contributed by atoms with van der Waals surface area (Å²) in [6.07, 6.45) is 0. The minimum absolute atomic E-state index is 0.439. The molecule has 0 aromatic heterocycles. The summed E-state index contributed by atoms with van der Waals surface area (Å²) in [7, 11) is -12.1. The number of Topliss-reactive ketones (excluding diaryl/α,β-unsaturated/α-hetero) is 1. The summed E-state index contributed by atoms with van der Waals surface area (Å²) in [5.74, 6) is -0.439. The Morgan fingerprint density at radius 1 is 1.16 bits per heavy atom. The molecular formula is C7H18NO8P3. The molecule has 0 aromatic carbocycles. The maximum atomic E-state index is 11.8. The molecule has 9 nitrogen and oxygen atoms in total. The number of likely N-dealkylation sites (N-methyl/N-ethyl adjacent to an activating group) is 1. The van der Waals surface area contributed by atoms with Crippen molar-refractivity contribution in [2.24, 2.45) is 0 Å². The molecule has 0 aliphatic heterocycles. The maximum absolute atomic E-state index is 11.8. The highest BCUT2D eigenvalue weighted by molar-refractivity contribution is 7.70. The van der Waals surface area contributed by atoms with Crippen LogP contribution in [0.3, 0.4) is 0 Å². The molecule has 3 unspecified atom stereocenters. The largest absolute Gasteiger partial charge is 0.486 e. The summed E-state index contributed by atoms with van der Waals surface area (Å²) in [6.45, 7) is 4.59. The van der Waals surface area contributed by atoms with E-state index in [1.54, 1.807) is 0 Å². The molecule has 0 fully saturated rings. The van der Waals surface area contributed by atoms with Gasteiger partial charge in [0, 0.05) is 13.3 Å². The molecule has 0 aliphatic carbocycles. The van der Waals surface area contributed by atoms with Crippen molar-refractivity contribution < 1.29 is 36.9 Å². The van der Waals surface area contributed by atoms with E-state index in [0.29, 0.717) is 4.67 Å². The summed E-state index contributed by atoms with van der Waals surface area (Å²) in [5, 5.41) is 0. The lowest BCUT2D eigenvalue weighted by Crippen LogP contribution is -2.32. The van der Waals surface area contributed by atoms with Gasteiger partial charge in [-0.25, -0.2) is 18.1 Å². The van der Waals surface area contributed by atoms with Crippen molar-refractivity contribution >= 4 is 28.7 Å². The molecule has 0 amide bonds. The zero-order valence-corrected chi connectivity index (χ0v) is 13.9. The molecule has 0 aliphatic rings. The van der Waals surface area contributed by atoms with Gasteiger partial charge in [-0.3, -0.25) is 9.36 Å². The topological polar surface area (TPSA) is 130 Å². The summed E-state index contributed by atoms with van der Waals surface area (Å²) in [4.78, 5) is 29.9. The molecule has 0 bridgehead atoms. The zero-order chi connectivity index (χ0) is 15.6. The van der Waals surface area contributed by atoms with Crippen LogP contribution in [0.4, 0.5) is 0 Å². The first kappa shape index (κ1) is 19.2. The number of ketones is 1. The second-order valence-electron chi connectivity index (χ2n) is 4.23. The van der Waals surface area contributed by atoms with E-state index in [2.05, 4.69) is 8.62 Å². The van der Waals surface area contributed by atoms with Crippen LogP contribution >= 0.6 is 22.9 Å². The molecular weight excluding hydrogens is 319 g/mol. The number of hydrogen-bond donors (Lipinski definition) is 2. The summed E-state index contributed by atoms with van der Waals surface area (Å²) in [5.41, 5.74) is 0. The normalized spacial score (nSPS) is 20.6. The lowest BCUT2D eigenvalue weighted by atomic mass is 10.2. The van der Waals surface area contributed by atoms with Gasteiger partial charge in [-0.1, -0.05) is 0 Å². The molecule has 19 heavy (non-hydrogen) atoms. The highest BCUT2D eigenvalue weighted by Crippen LogP contribution is 2.67. The molecule has 3 atom stereocenters. The lowest BCUT2D eigenvalue weighted by Gasteiger charge is -2.27. The minimum atomic E-state index is -4.99. The van der Waals surface area contributed by atoms with E-state index in [9.17, 15) is 28.3 Å². The lowest BCUT2D eigenvalue weighted by molar-refractivity contribution is -0.120. The SMILES string of the molecule is CC(=O)C(C)N(C)P(=O)(O)OP(=O)(O)OP(C)(C)=O. The number of nitrogens with zero attached hydrogens (tertiary/aromatic N) is 1. The first-order chi connectivity index (χ1) is 8.18. The van der Waals surface area contributed by atoms with Crippen LogP contribution in [0, 0.1) is 0 Å². The number of carbonyl (C=O) groups is 1. The summed E-state index contributed by atoms with van der Waals surface area (Å²) >= 11 is 0. The van der Waals surface area contributed by atoms with Gasteiger partial charge in [0.1, 0.15) is 5.78 Å². The van der Waals surface area contributed by atoms with E-state index in [1.165, 1.54) is 13.8 Å². The van der Waals surface area contributed by atoms with E-state index in [-0.39, 0.29) is 0 Å². The molecule has 0 saturated heterocycles. The smallest absolute Gasteiger partial charge is 0.312 e. The van der Waals surface area contributed by atoms with Gasteiger partial charge >= 0.3 is 15.6 Å². The highest BCUT2D eigenvalue weighted by atomic mass is 31.3. The second kappa shape index (κ2) is 6.29. The molecule has 2 N–H and O–H groups in total. The molecule has 0 heterocycles. The fraction of sp³-hybridized carbons (Fsp3) is 0.857. The van der Waals surface area contributed by atoms with Crippen LogP contribution in [0.25, 0.3) is 0 Å². The van der Waals surface area contributed by atoms with Crippen LogP contribution < -0.4 is 0 Å². The fourth-order valence-electron chi connectivity index (χ4n) is 0.937. The van der Waals surface area contributed by atoms with Crippen molar-refractivity contribution in [1.82, 2.24) is 4.67 Å². The van der Waals surface area contributed by atoms with Crippen molar-refractivity contribution in [1.29, 1.82) is 0 Å². The monoisotopic (exact) mass is 337 g/mol. The Bertz CT molecular complexity index is 485. The summed E-state index contributed by atoms with van der Waals surface area (Å²) in [6, 6.07) is -1.01. The van der Waals surface area contributed by atoms with E-state index >= 15 is 0 Å². The highest BCUT2D eigenvalue weighted by Gasteiger charge is 2.42. The number of hydrogen-bond acceptors (Lipinski definition) is 6. The Kier molecular flexibility index (Phi) is 6.34. The first-order valence-electron chi connectivity index (χ1n) is 5.05. The number of phosphoric acid groups is 1. The van der Waals surface area contributed by atoms with Gasteiger partial charge < -0.3 is 9.79 Å². The van der Waals surface area contributed by atoms with Gasteiger partial charge in [-0.05, 0) is 20.9 Å². The molecule has 114 valence electrons. The van der Waals surface area contributed by atoms with Gasteiger partial charge in [0.05, 0.1) is 6.04 Å². The molecule has 0 saturated carbocycles. The number of rotatable bonds is 7. The average molecular weight is 337 g/mol. The van der Waals surface area contributed by atoms with Gasteiger partial charge in [0.25, 0.3) is 0 Å². The Morgan fingerprint density at radius 3 is 1.89 bits per heavy atom. The molecule has 12 heteroatoms. The van der Waals surface area contributed by atoms with Gasteiger partial charge in [0.15, 0.2) is 0 Å². The van der Waals surface area contributed by atoms with Crippen LogP contribution in [0.2, 0.25) is 0 Å². The number of carbonyl (C=O) groups excluding carboxylic acids is 1. The molecule has 0 rings (SSSR count). The second-order valence-corrected chi connectivity index (χ2v) is 10.6. The fourth-order valence-corrected chi connectivity index (χ4v) is 5.45. The van der Waals surface area contributed by atoms with Crippen molar-refractivity contribution in [3.05, 3.63) is 0 Å². The van der Waals surface area contributed by atoms with Crippen LogP contribution in [-0.4, -0.2) is 46.7 Å². The quantitative estimate of drug-likeness (QED) is 0.666. The van der Waals surface area contributed by atoms with E-state index in [0.717, 1.165) is 20.4 Å². The Morgan fingerprint density at radius 2 is 1.58 bits per heavy atom. The third-order valence-electron chi connectivity index (χ3n) is 2.06. The van der Waals surface area contributed by atoms with E-state index in [4.69, 9.17) is 0 Å². The van der Waals surface area contributed by atoms with Crippen molar-refractivity contribution in [3.8, 4) is 0 Å². The Balaban J connectivity index is 5.06. The van der Waals surface area contributed by atoms with Crippen LogP contribution in [0.1, 0.15) is 13.8 Å². The maximum Gasteiger partial charge on any atom is 0.486 e. The predicted octanol–water partition coefficient (Wildman–Crippen LogP) is 1.67. The van der Waals surface area contributed by atoms with Crippen molar-refractivity contribution in [2.45, 2.75) is 19.9 Å². The van der Waals surface area contributed by atoms with Gasteiger partial charge in [-0.2, -0.15) is 4.31 Å². The summed E-state index contributed by atoms with van der Waals surface area (Å²) < 4.78 is 43.5. The van der Waals surface area contributed by atoms with Crippen LogP contribution in [0.5, 0.6) is 0 Å². The van der Waals surface area contributed by atoms with Crippen molar-refractivity contribution in [2.75, 3.05) is 20.4 Å². The average Bonchev–Trinajstić information content (AvgIpc) is 2.08. The Hall–Kier alpha value is 0.160. The molecule has 0 spiro atoms. The minimum Gasteiger partial charge on any atom is -0.312 e.